The van der Waals surface area contributed by atoms with Crippen molar-refractivity contribution in [2.45, 2.75) is 58.2 Å². The third-order valence-corrected chi connectivity index (χ3v) is 4.48. The van der Waals surface area contributed by atoms with Crippen LogP contribution in [0.15, 0.2) is 30.3 Å². The average Bonchev–Trinajstić information content (AvgIpc) is 2.69. The summed E-state index contributed by atoms with van der Waals surface area (Å²) in [6.45, 7) is 5.76. The summed E-state index contributed by atoms with van der Waals surface area (Å²) >= 11 is 0. The van der Waals surface area contributed by atoms with E-state index in [1.54, 1.807) is 0 Å². The van der Waals surface area contributed by atoms with E-state index in [4.69, 9.17) is 10.5 Å². The molecule has 1 aromatic rings. The maximum absolute atomic E-state index is 12.9. The highest BCUT2D eigenvalue weighted by Crippen LogP contribution is 2.08. The predicted molar refractivity (Wildman–Crippen MR) is 109 cm³/mol. The molecule has 0 aliphatic carbocycles. The van der Waals surface area contributed by atoms with E-state index in [1.165, 1.54) is 7.11 Å². The van der Waals surface area contributed by atoms with Gasteiger partial charge in [0.05, 0.1) is 25.7 Å². The van der Waals surface area contributed by atoms with E-state index in [2.05, 4.69) is 10.6 Å². The Hall–Kier alpha value is -2.25. The molecule has 1 rings (SSSR count). The number of nitrogens with one attached hydrogen (secondary N) is 2. The molecular formula is C21H33N3O4. The van der Waals surface area contributed by atoms with Gasteiger partial charge in [-0.1, -0.05) is 51.1 Å². The van der Waals surface area contributed by atoms with Crippen LogP contribution < -0.4 is 16.4 Å². The lowest BCUT2D eigenvalue weighted by Gasteiger charge is -2.23. The van der Waals surface area contributed by atoms with Gasteiger partial charge in [0, 0.05) is 0 Å². The molecule has 0 spiro atoms. The first-order valence-electron chi connectivity index (χ1n) is 9.72. The van der Waals surface area contributed by atoms with Gasteiger partial charge in [-0.05, 0) is 30.7 Å². The average molecular weight is 392 g/mol. The molecule has 4 N–H and O–H groups in total. The molecule has 0 aliphatic rings. The zero-order valence-corrected chi connectivity index (χ0v) is 17.2. The Morgan fingerprint density at radius 2 is 1.75 bits per heavy atom. The number of esters is 1. The number of nitrogens with two attached hydrogens (primary N) is 1. The molecular weight excluding hydrogens is 358 g/mol. The van der Waals surface area contributed by atoms with Crippen LogP contribution in [0.5, 0.6) is 0 Å². The Morgan fingerprint density at radius 3 is 2.29 bits per heavy atom. The molecule has 1 amide bonds. The molecule has 28 heavy (non-hydrogen) atoms. The summed E-state index contributed by atoms with van der Waals surface area (Å²) < 4.78 is 4.81. The van der Waals surface area contributed by atoms with Crippen molar-refractivity contribution in [3.8, 4) is 0 Å². The van der Waals surface area contributed by atoms with Gasteiger partial charge < -0.3 is 15.8 Å². The van der Waals surface area contributed by atoms with Gasteiger partial charge in [0.2, 0.25) is 5.91 Å². The van der Waals surface area contributed by atoms with Crippen LogP contribution in [0, 0.1) is 5.92 Å². The number of rotatable bonds is 12. The topological polar surface area (TPSA) is 111 Å². The minimum absolute atomic E-state index is 0.00695. The molecule has 7 nitrogen and oxygen atoms in total. The highest BCUT2D eigenvalue weighted by molar-refractivity contribution is 5.89. The van der Waals surface area contributed by atoms with Gasteiger partial charge in [0.25, 0.3) is 0 Å². The van der Waals surface area contributed by atoms with Gasteiger partial charge in [0.1, 0.15) is 6.04 Å². The molecule has 0 aromatic heterocycles. The van der Waals surface area contributed by atoms with Crippen molar-refractivity contribution in [3.05, 3.63) is 35.9 Å². The predicted octanol–water partition coefficient (Wildman–Crippen LogP) is 1.20. The second-order valence-corrected chi connectivity index (χ2v) is 7.32. The van der Waals surface area contributed by atoms with Gasteiger partial charge >= 0.3 is 5.97 Å². The summed E-state index contributed by atoms with van der Waals surface area (Å²) in [5.74, 6) is -0.781. The van der Waals surface area contributed by atoms with E-state index in [1.807, 2.05) is 51.1 Å². The zero-order chi connectivity index (χ0) is 21.1. The highest BCUT2D eigenvalue weighted by Gasteiger charge is 2.27. The third kappa shape index (κ3) is 8.19. The standard InChI is InChI=1S/C21H33N3O4/c1-5-16(22)19(25)13-23-17(12-15-9-7-6-8-10-15)20(26)24-18(11-14(2)3)21(27)28-4/h6-10,14,16-18,23H,5,11-13,22H2,1-4H3,(H,24,26). The SMILES string of the molecule is CCC(N)C(=O)CNC(Cc1ccccc1)C(=O)NC(CC(C)C)C(=O)OC. The summed E-state index contributed by atoms with van der Waals surface area (Å²) in [6, 6.07) is 7.53. The van der Waals surface area contributed by atoms with E-state index in [0.717, 1.165) is 5.56 Å². The van der Waals surface area contributed by atoms with Crippen LogP contribution in [-0.2, 0) is 25.5 Å². The molecule has 3 atom stereocenters. The monoisotopic (exact) mass is 391 g/mol. The van der Waals surface area contributed by atoms with Crippen LogP contribution >= 0.6 is 0 Å². The van der Waals surface area contributed by atoms with E-state index in [0.29, 0.717) is 19.3 Å². The lowest BCUT2D eigenvalue weighted by Crippen LogP contribution is -2.53. The number of methoxy groups -OCH3 is 1. The fourth-order valence-electron chi connectivity index (χ4n) is 2.79. The molecule has 0 heterocycles. The number of Topliss-reactive ketones (excluding diaryl/α,β-unsaturated/α-hetero) is 1. The zero-order valence-electron chi connectivity index (χ0n) is 17.2. The molecule has 1 aromatic carbocycles. The summed E-state index contributed by atoms with van der Waals surface area (Å²) in [5.41, 5.74) is 6.72. The molecule has 0 fully saturated rings. The number of amides is 1. The summed E-state index contributed by atoms with van der Waals surface area (Å²) in [4.78, 5) is 37.0. The molecule has 0 saturated carbocycles. The lowest BCUT2D eigenvalue weighted by atomic mass is 10.0. The van der Waals surface area contributed by atoms with E-state index in [-0.39, 0.29) is 24.2 Å². The molecule has 0 saturated heterocycles. The fraction of sp³-hybridized carbons (Fsp3) is 0.571. The first-order valence-corrected chi connectivity index (χ1v) is 9.72. The molecule has 7 heteroatoms. The van der Waals surface area contributed by atoms with Crippen LogP contribution in [0.2, 0.25) is 0 Å². The lowest BCUT2D eigenvalue weighted by molar-refractivity contribution is -0.145. The minimum atomic E-state index is -0.730. The number of benzene rings is 1. The number of carbonyl (C=O) groups is 3. The van der Waals surface area contributed by atoms with Crippen molar-refractivity contribution in [1.82, 2.24) is 10.6 Å². The largest absolute Gasteiger partial charge is 0.467 e. The maximum Gasteiger partial charge on any atom is 0.328 e. The molecule has 3 unspecified atom stereocenters. The molecule has 0 radical (unpaired) electrons. The Morgan fingerprint density at radius 1 is 1.11 bits per heavy atom. The first-order chi connectivity index (χ1) is 13.3. The van der Waals surface area contributed by atoms with Gasteiger partial charge in [-0.15, -0.1) is 0 Å². The maximum atomic E-state index is 12.9. The number of carbonyl (C=O) groups excluding carboxylic acids is 3. The van der Waals surface area contributed by atoms with Gasteiger partial charge in [-0.25, -0.2) is 4.79 Å². The fourth-order valence-corrected chi connectivity index (χ4v) is 2.79. The molecule has 0 aliphatic heterocycles. The number of ketones is 1. The van der Waals surface area contributed by atoms with Crippen LogP contribution in [0.3, 0.4) is 0 Å². The van der Waals surface area contributed by atoms with Crippen molar-refractivity contribution < 1.29 is 19.1 Å². The van der Waals surface area contributed by atoms with E-state index in [9.17, 15) is 14.4 Å². The Bertz CT molecular complexity index is 634. The second kappa shape index (κ2) is 12.3. The molecule has 0 bridgehead atoms. The summed E-state index contributed by atoms with van der Waals surface area (Å²) in [5, 5.41) is 5.77. The van der Waals surface area contributed by atoms with Gasteiger partial charge in [-0.2, -0.15) is 0 Å². The number of hydrogen-bond donors (Lipinski definition) is 3. The van der Waals surface area contributed by atoms with Crippen molar-refractivity contribution in [2.75, 3.05) is 13.7 Å². The Kier molecular flexibility index (Phi) is 10.4. The molecule has 156 valence electrons. The van der Waals surface area contributed by atoms with Gasteiger partial charge in [-0.3, -0.25) is 14.9 Å². The quantitative estimate of drug-likeness (QED) is 0.462. The first kappa shape index (κ1) is 23.8. The highest BCUT2D eigenvalue weighted by atomic mass is 16.5. The van der Waals surface area contributed by atoms with Gasteiger partial charge in [0.15, 0.2) is 5.78 Å². The Labute approximate surface area is 167 Å². The van der Waals surface area contributed by atoms with Crippen molar-refractivity contribution in [3.63, 3.8) is 0 Å². The van der Waals surface area contributed by atoms with E-state index < -0.39 is 24.1 Å². The summed E-state index contributed by atoms with van der Waals surface area (Å²) in [6.07, 6.45) is 1.39. The third-order valence-electron chi connectivity index (χ3n) is 4.48. The van der Waals surface area contributed by atoms with Crippen molar-refractivity contribution in [2.24, 2.45) is 11.7 Å². The normalized spacial score (nSPS) is 14.2. The summed E-state index contributed by atoms with van der Waals surface area (Å²) in [7, 11) is 1.30. The van der Waals surface area contributed by atoms with Crippen LogP contribution in [0.4, 0.5) is 0 Å². The second-order valence-electron chi connectivity index (χ2n) is 7.32. The smallest absolute Gasteiger partial charge is 0.328 e. The number of hydrogen-bond acceptors (Lipinski definition) is 6. The van der Waals surface area contributed by atoms with Crippen LogP contribution in [0.1, 0.15) is 39.2 Å². The van der Waals surface area contributed by atoms with Crippen LogP contribution in [-0.4, -0.2) is 49.4 Å². The van der Waals surface area contributed by atoms with Crippen LogP contribution in [0.25, 0.3) is 0 Å². The Balaban J connectivity index is 2.89. The number of ether oxygens (including phenoxy) is 1. The van der Waals surface area contributed by atoms with Crippen molar-refractivity contribution in [1.29, 1.82) is 0 Å². The van der Waals surface area contributed by atoms with E-state index >= 15 is 0 Å². The van der Waals surface area contributed by atoms with Crippen molar-refractivity contribution >= 4 is 17.7 Å². The minimum Gasteiger partial charge on any atom is -0.467 e.